The van der Waals surface area contributed by atoms with Gasteiger partial charge in [0, 0.05) is 19.5 Å². The Balaban J connectivity index is 4.21. The molecule has 0 aliphatic heterocycles. The average Bonchev–Trinajstić information content (AvgIpc) is 2.73. The van der Waals surface area contributed by atoms with Crippen LogP contribution in [0.15, 0.2) is 0 Å². The van der Waals surface area contributed by atoms with Crippen molar-refractivity contribution in [3.8, 4) is 0 Å². The maximum Gasteiger partial charge on any atom is 0.243 e. The van der Waals surface area contributed by atoms with E-state index in [0.29, 0.717) is 37.3 Å². The van der Waals surface area contributed by atoms with Crippen LogP contribution in [0.4, 0.5) is 0 Å². The molecule has 2 atom stereocenters. The van der Waals surface area contributed by atoms with Gasteiger partial charge >= 0.3 is 0 Å². The number of hydrogen-bond acceptors (Lipinski definition) is 6. The zero-order chi connectivity index (χ0) is 25.4. The molecule has 0 rings (SSSR count). The van der Waals surface area contributed by atoms with Gasteiger partial charge in [-0.15, -0.1) is 0 Å². The number of ether oxygens (including phenoxy) is 2. The first kappa shape index (κ1) is 31.5. The molecule has 10 nitrogen and oxygen atoms in total. The monoisotopic (exact) mass is 584 g/mol. The Morgan fingerprint density at radius 1 is 0.818 bits per heavy atom. The third kappa shape index (κ3) is 16.7. The maximum absolute atomic E-state index is 12.6. The van der Waals surface area contributed by atoms with Crippen molar-refractivity contribution in [1.82, 2.24) is 21.3 Å². The van der Waals surface area contributed by atoms with Crippen molar-refractivity contribution < 1.29 is 28.7 Å². The van der Waals surface area contributed by atoms with Gasteiger partial charge in [0.15, 0.2) is 0 Å². The molecule has 0 unspecified atom stereocenters. The van der Waals surface area contributed by atoms with Crippen LogP contribution in [0.2, 0.25) is 0 Å². The third-order valence-corrected chi connectivity index (χ3v) is 5.04. The van der Waals surface area contributed by atoms with E-state index in [1.165, 1.54) is 0 Å². The molecular formula is C22H41IN4O6. The summed E-state index contributed by atoms with van der Waals surface area (Å²) < 4.78 is 11.1. The number of alkyl halides is 1. The van der Waals surface area contributed by atoms with Gasteiger partial charge in [0.25, 0.3) is 0 Å². The standard InChI is InChI=1S/C22H41IN4O6/c1-15(2)19(21(31)26-16(3)20(30)25-14-22(4,5)6)27-17(28)7-9-32-11-12-33-10-8-24-18(29)13-23/h15-16,19H,7-14H2,1-6H3,(H,24,29)(H,25,30)(H,26,31)(H,27,28)/t16-,19-/m0/s1. The Kier molecular flexibility index (Phi) is 16.3. The van der Waals surface area contributed by atoms with E-state index in [4.69, 9.17) is 9.47 Å². The summed E-state index contributed by atoms with van der Waals surface area (Å²) in [7, 11) is 0. The van der Waals surface area contributed by atoms with Crippen LogP contribution in [0.3, 0.4) is 0 Å². The lowest BCUT2D eigenvalue weighted by molar-refractivity contribution is -0.133. The van der Waals surface area contributed by atoms with Crippen molar-refractivity contribution >= 4 is 46.2 Å². The predicted molar refractivity (Wildman–Crippen MR) is 135 cm³/mol. The van der Waals surface area contributed by atoms with Crippen molar-refractivity contribution in [2.24, 2.45) is 11.3 Å². The molecular weight excluding hydrogens is 543 g/mol. The van der Waals surface area contributed by atoms with Crippen LogP contribution in [0.5, 0.6) is 0 Å². The molecule has 33 heavy (non-hydrogen) atoms. The first-order valence-corrected chi connectivity index (χ1v) is 12.8. The van der Waals surface area contributed by atoms with Crippen LogP contribution < -0.4 is 21.3 Å². The second-order valence-electron chi connectivity index (χ2n) is 9.26. The van der Waals surface area contributed by atoms with E-state index in [9.17, 15) is 19.2 Å². The van der Waals surface area contributed by atoms with Gasteiger partial charge in [-0.1, -0.05) is 57.2 Å². The number of halogens is 1. The predicted octanol–water partition coefficient (Wildman–Crippen LogP) is 0.769. The molecule has 0 saturated carbocycles. The molecule has 4 N–H and O–H groups in total. The van der Waals surface area contributed by atoms with E-state index in [0.717, 1.165) is 0 Å². The molecule has 0 aromatic heterocycles. The molecule has 11 heteroatoms. The molecule has 0 fully saturated rings. The van der Waals surface area contributed by atoms with Gasteiger partial charge in [0.1, 0.15) is 12.1 Å². The Morgan fingerprint density at radius 3 is 1.97 bits per heavy atom. The van der Waals surface area contributed by atoms with Crippen LogP contribution in [-0.2, 0) is 28.7 Å². The summed E-state index contributed by atoms with van der Waals surface area (Å²) in [5, 5.41) is 10.9. The molecule has 4 amide bonds. The molecule has 0 aromatic rings. The quantitative estimate of drug-likeness (QED) is 0.120. The summed E-state index contributed by atoms with van der Waals surface area (Å²) in [5.41, 5.74) is -0.0615. The lowest BCUT2D eigenvalue weighted by Crippen LogP contribution is -2.55. The van der Waals surface area contributed by atoms with E-state index in [-0.39, 0.29) is 42.1 Å². The lowest BCUT2D eigenvalue weighted by atomic mass is 9.97. The Bertz CT molecular complexity index is 624. The minimum atomic E-state index is -0.753. The summed E-state index contributed by atoms with van der Waals surface area (Å²) in [6.07, 6.45) is 0.101. The smallest absolute Gasteiger partial charge is 0.243 e. The minimum Gasteiger partial charge on any atom is -0.379 e. The molecule has 0 aliphatic rings. The third-order valence-electron chi connectivity index (χ3n) is 4.35. The van der Waals surface area contributed by atoms with Crippen LogP contribution in [0, 0.1) is 11.3 Å². The van der Waals surface area contributed by atoms with Gasteiger partial charge in [0.2, 0.25) is 23.6 Å². The fourth-order valence-electron chi connectivity index (χ4n) is 2.45. The average molecular weight is 584 g/mol. The topological polar surface area (TPSA) is 135 Å². The van der Waals surface area contributed by atoms with Gasteiger partial charge < -0.3 is 30.7 Å². The lowest BCUT2D eigenvalue weighted by Gasteiger charge is -2.25. The van der Waals surface area contributed by atoms with E-state index in [2.05, 4.69) is 21.3 Å². The number of rotatable bonds is 16. The maximum atomic E-state index is 12.6. The van der Waals surface area contributed by atoms with Gasteiger partial charge in [-0.2, -0.15) is 0 Å². The molecule has 0 aromatic carbocycles. The number of amides is 4. The zero-order valence-electron chi connectivity index (χ0n) is 20.7. The van der Waals surface area contributed by atoms with Gasteiger partial charge in [-0.25, -0.2) is 0 Å². The van der Waals surface area contributed by atoms with Crippen LogP contribution >= 0.6 is 22.6 Å². The summed E-state index contributed by atoms with van der Waals surface area (Å²) in [5.74, 6) is -1.17. The highest BCUT2D eigenvalue weighted by atomic mass is 127. The number of carbonyl (C=O) groups is 4. The molecule has 0 saturated heterocycles. The minimum absolute atomic E-state index is 0.0342. The summed E-state index contributed by atoms with van der Waals surface area (Å²) >= 11 is 1.99. The molecule has 0 radical (unpaired) electrons. The van der Waals surface area contributed by atoms with E-state index in [1.54, 1.807) is 6.92 Å². The normalized spacial score (nSPS) is 13.2. The van der Waals surface area contributed by atoms with E-state index in [1.807, 2.05) is 57.2 Å². The van der Waals surface area contributed by atoms with Gasteiger partial charge in [-0.3, -0.25) is 19.2 Å². The van der Waals surface area contributed by atoms with Crippen molar-refractivity contribution in [3.63, 3.8) is 0 Å². The fraction of sp³-hybridized carbons (Fsp3) is 0.818. The number of carbonyl (C=O) groups excluding carboxylic acids is 4. The largest absolute Gasteiger partial charge is 0.379 e. The second-order valence-corrected chi connectivity index (χ2v) is 10.0. The van der Waals surface area contributed by atoms with Crippen molar-refractivity contribution in [3.05, 3.63) is 0 Å². The Labute approximate surface area is 211 Å². The Morgan fingerprint density at radius 2 is 1.42 bits per heavy atom. The van der Waals surface area contributed by atoms with Crippen molar-refractivity contribution in [2.75, 3.05) is 43.9 Å². The highest BCUT2D eigenvalue weighted by Crippen LogP contribution is 2.10. The molecule has 0 bridgehead atoms. The molecule has 0 heterocycles. The zero-order valence-corrected chi connectivity index (χ0v) is 22.9. The highest BCUT2D eigenvalue weighted by molar-refractivity contribution is 14.1. The van der Waals surface area contributed by atoms with Crippen molar-refractivity contribution in [1.29, 1.82) is 0 Å². The summed E-state index contributed by atoms with van der Waals surface area (Å²) in [6, 6.07) is -1.47. The summed E-state index contributed by atoms with van der Waals surface area (Å²) in [4.78, 5) is 48.1. The van der Waals surface area contributed by atoms with Crippen molar-refractivity contribution in [2.45, 2.75) is 60.0 Å². The van der Waals surface area contributed by atoms with E-state index < -0.39 is 18.0 Å². The number of hydrogen-bond donors (Lipinski definition) is 4. The SMILES string of the molecule is CC(C)[C@H](NC(=O)CCOCCOCCNC(=O)CI)C(=O)N[C@@H](C)C(=O)NCC(C)(C)C. The first-order valence-electron chi connectivity index (χ1n) is 11.2. The fourth-order valence-corrected chi connectivity index (χ4v) is 2.72. The summed E-state index contributed by atoms with van der Waals surface area (Å²) in [6.45, 7) is 13.5. The van der Waals surface area contributed by atoms with Crippen LogP contribution in [0.25, 0.3) is 0 Å². The number of nitrogens with one attached hydrogen (secondary N) is 4. The van der Waals surface area contributed by atoms with Gasteiger partial charge in [0.05, 0.1) is 30.9 Å². The first-order chi connectivity index (χ1) is 15.4. The Hall–Kier alpha value is -1.47. The van der Waals surface area contributed by atoms with Crippen LogP contribution in [0.1, 0.15) is 48.0 Å². The van der Waals surface area contributed by atoms with E-state index >= 15 is 0 Å². The second kappa shape index (κ2) is 17.0. The van der Waals surface area contributed by atoms with Gasteiger partial charge in [-0.05, 0) is 18.3 Å². The molecule has 192 valence electrons. The molecule has 0 spiro atoms. The molecule has 0 aliphatic carbocycles. The highest BCUT2D eigenvalue weighted by Gasteiger charge is 2.27. The van der Waals surface area contributed by atoms with Crippen LogP contribution in [-0.4, -0.2) is 79.7 Å².